The number of piperazine rings is 1. The maximum absolute atomic E-state index is 11.2. The Balaban J connectivity index is 1.79. The predicted octanol–water partition coefficient (Wildman–Crippen LogP) is 1.69. The molecule has 0 atom stereocenters. The molecule has 0 amide bonds. The van der Waals surface area contributed by atoms with Crippen LogP contribution in [0.15, 0.2) is 18.2 Å². The fourth-order valence-corrected chi connectivity index (χ4v) is 2.80. The van der Waals surface area contributed by atoms with E-state index in [2.05, 4.69) is 4.90 Å². The van der Waals surface area contributed by atoms with E-state index >= 15 is 0 Å². The van der Waals surface area contributed by atoms with Crippen molar-refractivity contribution >= 4 is 17.7 Å². The van der Waals surface area contributed by atoms with Gasteiger partial charge in [-0.05, 0) is 25.0 Å². The molecule has 20 heavy (non-hydrogen) atoms. The molecule has 0 N–H and O–H groups in total. The number of benzene rings is 1. The zero-order valence-corrected chi connectivity index (χ0v) is 11.2. The molecule has 1 aliphatic carbocycles. The largest absolute Gasteiger partial charge is 0.363 e. The molecule has 106 valence electrons. The quantitative estimate of drug-likeness (QED) is 0.475. The molecule has 0 unspecified atom stereocenters. The van der Waals surface area contributed by atoms with E-state index < -0.39 is 4.92 Å². The second kappa shape index (κ2) is 5.20. The van der Waals surface area contributed by atoms with Crippen LogP contribution in [0.25, 0.3) is 0 Å². The third kappa shape index (κ3) is 2.51. The first-order chi connectivity index (χ1) is 9.69. The van der Waals surface area contributed by atoms with Crippen LogP contribution >= 0.6 is 0 Å². The van der Waals surface area contributed by atoms with Crippen LogP contribution in [-0.4, -0.2) is 48.3 Å². The summed E-state index contributed by atoms with van der Waals surface area (Å²) in [5.41, 5.74) is 0.989. The molecule has 3 rings (SSSR count). The molecule has 0 aromatic heterocycles. The van der Waals surface area contributed by atoms with Crippen molar-refractivity contribution in [2.45, 2.75) is 18.9 Å². The molecule has 2 fully saturated rings. The lowest BCUT2D eigenvalue weighted by molar-refractivity contribution is -0.384. The van der Waals surface area contributed by atoms with Gasteiger partial charge in [0.15, 0.2) is 0 Å². The van der Waals surface area contributed by atoms with Crippen LogP contribution in [0.1, 0.15) is 23.2 Å². The van der Waals surface area contributed by atoms with Crippen molar-refractivity contribution in [3.05, 3.63) is 33.9 Å². The molecule has 0 spiro atoms. The maximum atomic E-state index is 11.2. The molecule has 1 saturated carbocycles. The Morgan fingerprint density at radius 2 is 1.90 bits per heavy atom. The number of carbonyl (C=O) groups excluding carboxylic acids is 1. The summed E-state index contributed by atoms with van der Waals surface area (Å²) in [6.45, 7) is 3.52. The summed E-state index contributed by atoms with van der Waals surface area (Å²) in [5.74, 6) is 0. The maximum Gasteiger partial charge on any atom is 0.293 e. The van der Waals surface area contributed by atoms with Gasteiger partial charge in [-0.2, -0.15) is 0 Å². The van der Waals surface area contributed by atoms with Crippen LogP contribution in [0.4, 0.5) is 11.4 Å². The van der Waals surface area contributed by atoms with Gasteiger partial charge in [0, 0.05) is 43.9 Å². The van der Waals surface area contributed by atoms with Gasteiger partial charge in [0.1, 0.15) is 12.0 Å². The van der Waals surface area contributed by atoms with Crippen molar-refractivity contribution < 1.29 is 9.72 Å². The van der Waals surface area contributed by atoms with Crippen molar-refractivity contribution in [3.63, 3.8) is 0 Å². The van der Waals surface area contributed by atoms with Crippen molar-refractivity contribution in [2.24, 2.45) is 0 Å². The van der Waals surface area contributed by atoms with Gasteiger partial charge >= 0.3 is 0 Å². The molecular formula is C14H17N3O3. The van der Waals surface area contributed by atoms with E-state index in [1.54, 1.807) is 12.1 Å². The smallest absolute Gasteiger partial charge is 0.293 e. The number of carbonyl (C=O) groups is 1. The molecule has 6 heteroatoms. The standard InChI is InChI=1S/C14H17N3O3/c18-10-11-1-4-13(14(9-11)17(19)20)16-7-5-15(6-8-16)12-2-3-12/h1,4,9-10,12H,2-3,5-8H2. The van der Waals surface area contributed by atoms with Crippen molar-refractivity contribution in [2.75, 3.05) is 31.1 Å². The minimum absolute atomic E-state index is 0.0227. The van der Waals surface area contributed by atoms with Crippen LogP contribution in [0.3, 0.4) is 0 Å². The first-order valence-electron chi connectivity index (χ1n) is 6.91. The van der Waals surface area contributed by atoms with Gasteiger partial charge in [0.05, 0.1) is 4.92 Å². The van der Waals surface area contributed by atoms with Gasteiger partial charge in [0.2, 0.25) is 0 Å². The molecule has 0 radical (unpaired) electrons. The summed E-state index contributed by atoms with van der Waals surface area (Å²) in [5, 5.41) is 11.2. The highest BCUT2D eigenvalue weighted by molar-refractivity contribution is 5.79. The summed E-state index contributed by atoms with van der Waals surface area (Å²) in [4.78, 5) is 26.0. The predicted molar refractivity (Wildman–Crippen MR) is 75.3 cm³/mol. The second-order valence-electron chi connectivity index (χ2n) is 5.38. The average molecular weight is 275 g/mol. The summed E-state index contributed by atoms with van der Waals surface area (Å²) >= 11 is 0. The second-order valence-corrected chi connectivity index (χ2v) is 5.38. The van der Waals surface area contributed by atoms with Crippen molar-refractivity contribution in [1.82, 2.24) is 4.90 Å². The fraction of sp³-hybridized carbons (Fsp3) is 0.500. The van der Waals surface area contributed by atoms with E-state index in [1.165, 1.54) is 18.9 Å². The lowest BCUT2D eigenvalue weighted by Gasteiger charge is -2.35. The first kappa shape index (κ1) is 13.1. The van der Waals surface area contributed by atoms with Gasteiger partial charge in [-0.3, -0.25) is 19.8 Å². The molecule has 2 aliphatic rings. The topological polar surface area (TPSA) is 66.7 Å². The van der Waals surface area contributed by atoms with Gasteiger partial charge < -0.3 is 4.90 Å². The average Bonchev–Trinajstić information content (AvgIpc) is 3.31. The van der Waals surface area contributed by atoms with Crippen LogP contribution < -0.4 is 4.90 Å². The number of aldehydes is 1. The minimum atomic E-state index is -0.407. The zero-order chi connectivity index (χ0) is 14.1. The van der Waals surface area contributed by atoms with Gasteiger partial charge in [-0.25, -0.2) is 0 Å². The molecule has 1 aromatic carbocycles. The molecule has 1 heterocycles. The van der Waals surface area contributed by atoms with Crippen molar-refractivity contribution in [1.29, 1.82) is 0 Å². The Morgan fingerprint density at radius 1 is 1.20 bits per heavy atom. The normalized spacial score (nSPS) is 19.9. The number of rotatable bonds is 4. The Hall–Kier alpha value is -1.95. The highest BCUT2D eigenvalue weighted by atomic mass is 16.6. The lowest BCUT2D eigenvalue weighted by atomic mass is 10.1. The van der Waals surface area contributed by atoms with Crippen LogP contribution in [-0.2, 0) is 0 Å². The lowest BCUT2D eigenvalue weighted by Crippen LogP contribution is -2.47. The minimum Gasteiger partial charge on any atom is -0.363 e. The third-order valence-corrected chi connectivity index (χ3v) is 4.05. The van der Waals surface area contributed by atoms with Gasteiger partial charge in [-0.1, -0.05) is 0 Å². The Morgan fingerprint density at radius 3 is 2.45 bits per heavy atom. The van der Waals surface area contributed by atoms with Gasteiger partial charge in [0.25, 0.3) is 5.69 Å². The van der Waals surface area contributed by atoms with Gasteiger partial charge in [-0.15, -0.1) is 0 Å². The van der Waals surface area contributed by atoms with E-state index in [1.807, 2.05) is 4.90 Å². The molecule has 0 bridgehead atoms. The highest BCUT2D eigenvalue weighted by Crippen LogP contribution is 2.32. The van der Waals surface area contributed by atoms with E-state index in [4.69, 9.17) is 0 Å². The monoisotopic (exact) mass is 275 g/mol. The Labute approximate surface area is 117 Å². The molecular weight excluding hydrogens is 258 g/mol. The molecule has 1 aromatic rings. The van der Waals surface area contributed by atoms with E-state index in [-0.39, 0.29) is 5.69 Å². The number of hydrogen-bond acceptors (Lipinski definition) is 5. The van der Waals surface area contributed by atoms with E-state index in [9.17, 15) is 14.9 Å². The number of nitro groups is 1. The SMILES string of the molecule is O=Cc1ccc(N2CCN(C3CC3)CC2)c([N+](=O)[O-])c1. The van der Waals surface area contributed by atoms with Crippen LogP contribution in [0.2, 0.25) is 0 Å². The number of nitro benzene ring substituents is 1. The fourth-order valence-electron chi connectivity index (χ4n) is 2.80. The number of hydrogen-bond donors (Lipinski definition) is 0. The summed E-state index contributed by atoms with van der Waals surface area (Å²) in [6, 6.07) is 5.43. The third-order valence-electron chi connectivity index (χ3n) is 4.05. The summed E-state index contributed by atoms with van der Waals surface area (Å²) < 4.78 is 0. The highest BCUT2D eigenvalue weighted by Gasteiger charge is 2.32. The Kier molecular flexibility index (Phi) is 3.40. The first-order valence-corrected chi connectivity index (χ1v) is 6.91. The Bertz CT molecular complexity index is 534. The summed E-state index contributed by atoms with van der Waals surface area (Å²) in [7, 11) is 0. The van der Waals surface area contributed by atoms with Crippen molar-refractivity contribution in [3.8, 4) is 0 Å². The number of anilines is 1. The van der Waals surface area contributed by atoms with Crippen LogP contribution in [0.5, 0.6) is 0 Å². The van der Waals surface area contributed by atoms with Crippen LogP contribution in [0, 0.1) is 10.1 Å². The summed E-state index contributed by atoms with van der Waals surface area (Å²) in [6.07, 6.45) is 3.21. The molecule has 1 aliphatic heterocycles. The molecule has 1 saturated heterocycles. The molecule has 6 nitrogen and oxygen atoms in total. The van der Waals surface area contributed by atoms with E-state index in [0.717, 1.165) is 32.2 Å². The number of nitrogens with zero attached hydrogens (tertiary/aromatic N) is 3. The van der Waals surface area contributed by atoms with E-state index in [0.29, 0.717) is 17.5 Å². The zero-order valence-electron chi connectivity index (χ0n) is 11.2.